The molecule has 0 radical (unpaired) electrons. The number of tetrazole rings is 1. The summed E-state index contributed by atoms with van der Waals surface area (Å²) in [4.78, 5) is 26.0. The molecule has 44 heavy (non-hydrogen) atoms. The fourth-order valence-corrected chi connectivity index (χ4v) is 5.66. The van der Waals surface area contributed by atoms with Gasteiger partial charge in [-0.3, -0.25) is 10.1 Å². The molecule has 0 saturated carbocycles. The van der Waals surface area contributed by atoms with Gasteiger partial charge >= 0.3 is 6.09 Å². The Morgan fingerprint density at radius 1 is 1.02 bits per heavy atom. The first-order valence-electron chi connectivity index (χ1n) is 14.9. The number of aromatic nitrogens is 4. The summed E-state index contributed by atoms with van der Waals surface area (Å²) >= 11 is 0. The van der Waals surface area contributed by atoms with Gasteiger partial charge in [-0.25, -0.2) is 9.48 Å². The van der Waals surface area contributed by atoms with Gasteiger partial charge in [-0.2, -0.15) is 0 Å². The smallest absolute Gasteiger partial charge is 0.407 e. The quantitative estimate of drug-likeness (QED) is 0.115. The Morgan fingerprint density at radius 2 is 1.70 bits per heavy atom. The van der Waals surface area contributed by atoms with Crippen molar-refractivity contribution in [3.05, 3.63) is 118 Å². The number of hydrogen-bond donors (Lipinski definition) is 1. The summed E-state index contributed by atoms with van der Waals surface area (Å²) in [7, 11) is 0. The van der Waals surface area contributed by atoms with Crippen molar-refractivity contribution in [1.82, 2.24) is 30.0 Å². The highest BCUT2D eigenvalue weighted by molar-refractivity contribution is 5.65. The molecule has 5 rings (SSSR count). The Morgan fingerprint density at radius 3 is 2.36 bits per heavy atom. The van der Waals surface area contributed by atoms with E-state index in [-0.39, 0.29) is 24.7 Å². The molecule has 1 aliphatic heterocycles. The van der Waals surface area contributed by atoms with E-state index < -0.39 is 11.0 Å². The van der Waals surface area contributed by atoms with E-state index in [2.05, 4.69) is 50.8 Å². The van der Waals surface area contributed by atoms with Gasteiger partial charge in [0.2, 0.25) is 0 Å². The van der Waals surface area contributed by atoms with Gasteiger partial charge in [0, 0.05) is 36.7 Å². The van der Waals surface area contributed by atoms with Gasteiger partial charge in [0.15, 0.2) is 5.82 Å². The molecule has 1 fully saturated rings. The Labute approximate surface area is 256 Å². The van der Waals surface area contributed by atoms with E-state index in [0.29, 0.717) is 18.0 Å². The Kier molecular flexibility index (Phi) is 10.4. The van der Waals surface area contributed by atoms with E-state index in [4.69, 9.17) is 0 Å². The van der Waals surface area contributed by atoms with Crippen LogP contribution in [0.25, 0.3) is 11.4 Å². The minimum absolute atomic E-state index is 0.0119. The summed E-state index contributed by atoms with van der Waals surface area (Å²) in [5.41, 5.74) is 2.97. The topological polar surface area (TPSA) is 131 Å². The molecule has 1 aliphatic rings. The summed E-state index contributed by atoms with van der Waals surface area (Å²) < 4.78 is 1.91. The lowest BCUT2D eigenvalue weighted by Crippen LogP contribution is -2.35. The second-order valence-electron chi connectivity index (χ2n) is 11.1. The fraction of sp³-hybridized carbons (Fsp3) is 0.333. The second kappa shape index (κ2) is 15.0. The third-order valence-corrected chi connectivity index (χ3v) is 8.18. The molecule has 1 atom stereocenters. The molecule has 1 N–H and O–H groups in total. The number of nitro benzene ring substituents is 1. The minimum atomic E-state index is -1.02. The summed E-state index contributed by atoms with van der Waals surface area (Å²) in [6, 6.07) is 26.6. The van der Waals surface area contributed by atoms with Crippen molar-refractivity contribution in [2.45, 2.75) is 38.3 Å². The molecule has 0 aliphatic carbocycles. The predicted molar refractivity (Wildman–Crippen MR) is 167 cm³/mol. The summed E-state index contributed by atoms with van der Waals surface area (Å²) in [6.45, 7) is 4.09. The van der Waals surface area contributed by atoms with Crippen molar-refractivity contribution in [3.8, 4) is 11.4 Å². The van der Waals surface area contributed by atoms with Gasteiger partial charge in [0.1, 0.15) is 0 Å². The van der Waals surface area contributed by atoms with E-state index >= 15 is 0 Å². The van der Waals surface area contributed by atoms with Gasteiger partial charge in [0.25, 0.3) is 5.69 Å². The lowest BCUT2D eigenvalue weighted by atomic mass is 9.93. The molecular weight excluding hydrogens is 558 g/mol. The molecule has 1 aromatic heterocycles. The zero-order chi connectivity index (χ0) is 30.7. The molecule has 1 saturated heterocycles. The minimum Gasteiger partial charge on any atom is -0.465 e. The van der Waals surface area contributed by atoms with Gasteiger partial charge in [-0.1, -0.05) is 84.9 Å². The molecule has 1 amide bonds. The zero-order valence-electron chi connectivity index (χ0n) is 24.6. The summed E-state index contributed by atoms with van der Waals surface area (Å²) in [5, 5.41) is 33.1. The molecule has 4 aromatic rings. The van der Waals surface area contributed by atoms with Gasteiger partial charge in [0.05, 0.1) is 11.5 Å². The molecule has 11 nitrogen and oxygen atoms in total. The Hall–Kier alpha value is -4.90. The van der Waals surface area contributed by atoms with Crippen molar-refractivity contribution in [3.63, 3.8) is 0 Å². The Bertz CT molecular complexity index is 1520. The predicted octanol–water partition coefficient (Wildman–Crippen LogP) is 5.87. The van der Waals surface area contributed by atoms with Crippen LogP contribution in [0.5, 0.6) is 0 Å². The summed E-state index contributed by atoms with van der Waals surface area (Å²) in [5.74, 6) is 1.44. The Balaban J connectivity index is 1.12. The number of carboxylic acid groups (broad SMARTS) is 1. The number of non-ortho nitro benzene ring substituents is 1. The van der Waals surface area contributed by atoms with Gasteiger partial charge in [-0.05, 0) is 66.4 Å². The number of allylic oxidation sites excluding steroid dienone is 1. The molecule has 3 aromatic carbocycles. The highest BCUT2D eigenvalue weighted by atomic mass is 16.6. The number of piperidine rings is 1. The molecular formula is C33H37N7O4. The number of amides is 1. The van der Waals surface area contributed by atoms with E-state index in [1.54, 1.807) is 12.1 Å². The van der Waals surface area contributed by atoms with E-state index in [1.165, 1.54) is 22.6 Å². The van der Waals surface area contributed by atoms with E-state index in [9.17, 15) is 20.0 Å². The number of benzene rings is 3. The average Bonchev–Trinajstić information content (AvgIpc) is 3.52. The van der Waals surface area contributed by atoms with Crippen LogP contribution in [0, 0.1) is 16.0 Å². The van der Waals surface area contributed by atoms with Crippen LogP contribution in [0.3, 0.4) is 0 Å². The molecule has 1 unspecified atom stereocenters. The van der Waals surface area contributed by atoms with Crippen molar-refractivity contribution in [2.75, 3.05) is 26.2 Å². The second-order valence-corrected chi connectivity index (χ2v) is 11.1. The van der Waals surface area contributed by atoms with Gasteiger partial charge < -0.3 is 14.9 Å². The number of likely N-dealkylation sites (tertiary alicyclic amines) is 1. The number of hydrogen-bond acceptors (Lipinski definition) is 7. The van der Waals surface area contributed by atoms with Crippen LogP contribution in [0.1, 0.15) is 36.3 Å². The maximum absolute atomic E-state index is 11.8. The third-order valence-electron chi connectivity index (χ3n) is 8.18. The normalized spacial score (nSPS) is 14.9. The van der Waals surface area contributed by atoms with Crippen LogP contribution in [-0.2, 0) is 13.1 Å². The van der Waals surface area contributed by atoms with Gasteiger partial charge in [-0.15, -0.1) is 5.10 Å². The highest BCUT2D eigenvalue weighted by Crippen LogP contribution is 2.26. The molecule has 2 heterocycles. The van der Waals surface area contributed by atoms with Crippen molar-refractivity contribution < 1.29 is 14.8 Å². The maximum atomic E-state index is 11.8. The van der Waals surface area contributed by atoms with Crippen LogP contribution in [-0.4, -0.2) is 72.3 Å². The molecule has 0 spiro atoms. The van der Waals surface area contributed by atoms with Crippen molar-refractivity contribution in [2.24, 2.45) is 5.92 Å². The number of rotatable bonds is 13. The number of carbonyl (C=O) groups is 1. The number of nitrogens with zero attached hydrogens (tertiary/aromatic N) is 7. The van der Waals surface area contributed by atoms with Crippen molar-refractivity contribution in [1.29, 1.82) is 0 Å². The monoisotopic (exact) mass is 595 g/mol. The zero-order valence-corrected chi connectivity index (χ0v) is 24.6. The van der Waals surface area contributed by atoms with Crippen LogP contribution in [0.15, 0.2) is 97.1 Å². The lowest BCUT2D eigenvalue weighted by molar-refractivity contribution is -0.384. The van der Waals surface area contributed by atoms with Crippen LogP contribution in [0.2, 0.25) is 0 Å². The van der Waals surface area contributed by atoms with Crippen LogP contribution in [0.4, 0.5) is 10.5 Å². The van der Waals surface area contributed by atoms with Crippen LogP contribution < -0.4 is 0 Å². The lowest BCUT2D eigenvalue weighted by Gasteiger charge is -2.32. The standard InChI is InChI=1S/C33H37N7O4/c41-33(42)38(24-27-13-15-31(16-14-27)40(43)44)20-7-8-26-17-21-37(22-18-26)23-19-30(28-9-3-1-4-10-28)25-39-32(34-35-36-39)29-11-5-2-6-12-29/h1-16,26,30H,17-25H2,(H,41,42). The fourth-order valence-electron chi connectivity index (χ4n) is 5.66. The van der Waals surface area contributed by atoms with E-state index in [0.717, 1.165) is 50.3 Å². The average molecular weight is 596 g/mol. The molecule has 228 valence electrons. The molecule has 0 bridgehead atoms. The summed E-state index contributed by atoms with van der Waals surface area (Å²) in [6.07, 6.45) is 6.07. The number of nitro groups is 1. The SMILES string of the molecule is O=C(O)N(CC=CC1CCN(CCC(Cn2nnnc2-c2ccccc2)c2ccccc2)CC1)Cc1ccc([N+](=O)[O-])cc1. The van der Waals surface area contributed by atoms with Crippen LogP contribution >= 0.6 is 0 Å². The first-order valence-corrected chi connectivity index (χ1v) is 14.9. The first-order chi connectivity index (χ1) is 21.5. The first kappa shape index (κ1) is 30.6. The third kappa shape index (κ3) is 8.35. The van der Waals surface area contributed by atoms with Crippen molar-refractivity contribution >= 4 is 11.8 Å². The largest absolute Gasteiger partial charge is 0.465 e. The van der Waals surface area contributed by atoms with E-state index in [1.807, 2.05) is 47.2 Å². The highest BCUT2D eigenvalue weighted by Gasteiger charge is 2.21. The maximum Gasteiger partial charge on any atom is 0.407 e. The molecule has 11 heteroatoms.